The van der Waals surface area contributed by atoms with Crippen LogP contribution < -0.4 is 5.32 Å². The minimum Gasteiger partial charge on any atom is -0.481 e. The van der Waals surface area contributed by atoms with Crippen LogP contribution >= 0.6 is 0 Å². The summed E-state index contributed by atoms with van der Waals surface area (Å²) in [5, 5.41) is 11.4. The number of fused-ring (bicyclic) bond motifs is 1. The lowest BCUT2D eigenvalue weighted by atomic mass is 10.1. The Kier molecular flexibility index (Phi) is 5.31. The number of aromatic nitrogens is 2. The fourth-order valence-corrected chi connectivity index (χ4v) is 2.11. The second-order valence-electron chi connectivity index (χ2n) is 4.92. The van der Waals surface area contributed by atoms with Crippen LogP contribution in [0.4, 0.5) is 0 Å². The normalized spacial score (nSPS) is 10.7. The molecule has 6 heteroatoms. The largest absolute Gasteiger partial charge is 0.481 e. The number of pyridine rings is 1. The predicted octanol–water partition coefficient (Wildman–Crippen LogP) is 2.10. The maximum Gasteiger partial charge on any atom is 0.303 e. The van der Waals surface area contributed by atoms with E-state index in [1.54, 1.807) is 35.1 Å². The van der Waals surface area contributed by atoms with E-state index in [0.717, 1.165) is 24.9 Å². The molecule has 0 unspecified atom stereocenters. The van der Waals surface area contributed by atoms with Crippen LogP contribution in [0, 0.1) is 0 Å². The molecule has 0 radical (unpaired) electrons. The highest BCUT2D eigenvalue weighted by atomic mass is 16.4. The van der Waals surface area contributed by atoms with Crippen molar-refractivity contribution in [1.29, 1.82) is 0 Å². The summed E-state index contributed by atoms with van der Waals surface area (Å²) in [5.74, 6) is -0.852. The number of unbranched alkanes of at least 4 members (excludes halogenated alkanes) is 3. The number of aliphatic carboxylic acids is 1. The van der Waals surface area contributed by atoms with Gasteiger partial charge in [0.15, 0.2) is 0 Å². The number of rotatable bonds is 8. The van der Waals surface area contributed by atoms with Crippen molar-refractivity contribution in [2.75, 3.05) is 6.54 Å². The van der Waals surface area contributed by atoms with Gasteiger partial charge in [-0.2, -0.15) is 0 Å². The van der Waals surface area contributed by atoms with Crippen molar-refractivity contribution in [3.05, 3.63) is 36.3 Å². The van der Waals surface area contributed by atoms with Crippen molar-refractivity contribution < 1.29 is 14.7 Å². The number of carbonyl (C=O) groups excluding carboxylic acids is 1. The van der Waals surface area contributed by atoms with Gasteiger partial charge in [-0.1, -0.05) is 12.8 Å². The molecule has 21 heavy (non-hydrogen) atoms. The van der Waals surface area contributed by atoms with Crippen LogP contribution in [0.2, 0.25) is 0 Å². The Labute approximate surface area is 122 Å². The lowest BCUT2D eigenvalue weighted by Gasteiger charge is -2.05. The Hall–Kier alpha value is -2.37. The fourth-order valence-electron chi connectivity index (χ4n) is 2.11. The van der Waals surface area contributed by atoms with Crippen molar-refractivity contribution in [3.63, 3.8) is 0 Å². The summed E-state index contributed by atoms with van der Waals surface area (Å²) in [6.07, 6.45) is 8.82. The maximum atomic E-state index is 12.0. The fraction of sp³-hybridized carbons (Fsp3) is 0.400. The Morgan fingerprint density at radius 1 is 1.19 bits per heavy atom. The highest BCUT2D eigenvalue weighted by molar-refractivity contribution is 5.94. The number of nitrogens with one attached hydrogen (secondary N) is 1. The lowest BCUT2D eigenvalue weighted by molar-refractivity contribution is -0.137. The quantitative estimate of drug-likeness (QED) is 0.729. The topological polar surface area (TPSA) is 83.7 Å². The predicted molar refractivity (Wildman–Crippen MR) is 78.2 cm³/mol. The number of nitrogens with zero attached hydrogens (tertiary/aromatic N) is 2. The molecule has 112 valence electrons. The van der Waals surface area contributed by atoms with Crippen molar-refractivity contribution in [2.45, 2.75) is 32.1 Å². The average Bonchev–Trinajstić information content (AvgIpc) is 2.93. The lowest BCUT2D eigenvalue weighted by Crippen LogP contribution is -2.24. The van der Waals surface area contributed by atoms with E-state index in [9.17, 15) is 9.59 Å². The molecule has 0 aliphatic rings. The molecule has 0 saturated carbocycles. The van der Waals surface area contributed by atoms with Crippen LogP contribution in [-0.2, 0) is 4.79 Å². The van der Waals surface area contributed by atoms with Gasteiger partial charge >= 0.3 is 5.97 Å². The maximum absolute atomic E-state index is 12.0. The number of amides is 1. The summed E-state index contributed by atoms with van der Waals surface area (Å²) in [6.45, 7) is 0.605. The monoisotopic (exact) mass is 289 g/mol. The van der Waals surface area contributed by atoms with Gasteiger partial charge in [0.05, 0.1) is 5.56 Å². The van der Waals surface area contributed by atoms with Gasteiger partial charge in [0.2, 0.25) is 0 Å². The molecule has 0 bridgehead atoms. The molecule has 2 aromatic heterocycles. The van der Waals surface area contributed by atoms with Crippen molar-refractivity contribution in [2.24, 2.45) is 0 Å². The van der Waals surface area contributed by atoms with Gasteiger partial charge < -0.3 is 14.8 Å². The molecule has 0 saturated heterocycles. The van der Waals surface area contributed by atoms with Gasteiger partial charge in [-0.15, -0.1) is 0 Å². The van der Waals surface area contributed by atoms with E-state index in [1.807, 2.05) is 0 Å². The van der Waals surface area contributed by atoms with Crippen LogP contribution in [0.25, 0.3) is 5.65 Å². The highest BCUT2D eigenvalue weighted by Gasteiger charge is 2.06. The van der Waals surface area contributed by atoms with Crippen molar-refractivity contribution >= 4 is 17.5 Å². The van der Waals surface area contributed by atoms with E-state index in [-0.39, 0.29) is 12.3 Å². The van der Waals surface area contributed by atoms with E-state index < -0.39 is 5.97 Å². The highest BCUT2D eigenvalue weighted by Crippen LogP contribution is 2.05. The van der Waals surface area contributed by atoms with Crippen LogP contribution in [0.3, 0.4) is 0 Å². The first-order valence-electron chi connectivity index (χ1n) is 7.09. The number of hydrogen-bond donors (Lipinski definition) is 2. The number of hydrogen-bond acceptors (Lipinski definition) is 3. The summed E-state index contributed by atoms with van der Waals surface area (Å²) >= 11 is 0. The average molecular weight is 289 g/mol. The summed E-state index contributed by atoms with van der Waals surface area (Å²) in [4.78, 5) is 26.4. The number of carboxylic acids is 1. The third-order valence-corrected chi connectivity index (χ3v) is 3.25. The molecule has 0 fully saturated rings. The molecule has 0 aliphatic heterocycles. The molecule has 6 nitrogen and oxygen atoms in total. The third kappa shape index (κ3) is 4.59. The Bertz CT molecular complexity index is 621. The first-order valence-corrected chi connectivity index (χ1v) is 7.09. The second kappa shape index (κ2) is 7.42. The smallest absolute Gasteiger partial charge is 0.303 e. The molecular formula is C15H19N3O3. The van der Waals surface area contributed by atoms with Gasteiger partial charge in [0.25, 0.3) is 5.91 Å². The van der Waals surface area contributed by atoms with Crippen molar-refractivity contribution in [3.8, 4) is 0 Å². The minimum absolute atomic E-state index is 0.101. The zero-order valence-electron chi connectivity index (χ0n) is 11.8. The number of imidazole rings is 1. The molecule has 2 heterocycles. The van der Waals surface area contributed by atoms with Gasteiger partial charge in [-0.25, -0.2) is 4.98 Å². The molecule has 0 atom stereocenters. The number of carboxylic acid groups (broad SMARTS) is 1. The SMILES string of the molecule is O=C(O)CCCCCCNC(=O)c1ccc2nccn2c1. The van der Waals surface area contributed by atoms with E-state index in [1.165, 1.54) is 0 Å². The van der Waals surface area contributed by atoms with Crippen LogP contribution in [-0.4, -0.2) is 32.9 Å². The summed E-state index contributed by atoms with van der Waals surface area (Å²) in [6, 6.07) is 3.56. The van der Waals surface area contributed by atoms with Crippen molar-refractivity contribution in [1.82, 2.24) is 14.7 Å². The first kappa shape index (κ1) is 15.0. The zero-order chi connectivity index (χ0) is 15.1. The van der Waals surface area contributed by atoms with E-state index in [2.05, 4.69) is 10.3 Å². The summed E-state index contributed by atoms with van der Waals surface area (Å²) in [7, 11) is 0. The first-order chi connectivity index (χ1) is 10.2. The Morgan fingerprint density at radius 2 is 2.00 bits per heavy atom. The molecule has 2 N–H and O–H groups in total. The summed E-state index contributed by atoms with van der Waals surface area (Å²) < 4.78 is 1.81. The van der Waals surface area contributed by atoms with Gasteiger partial charge in [0.1, 0.15) is 5.65 Å². The summed E-state index contributed by atoms with van der Waals surface area (Å²) in [5.41, 5.74) is 1.41. The molecule has 2 rings (SSSR count). The minimum atomic E-state index is -0.752. The zero-order valence-corrected chi connectivity index (χ0v) is 11.8. The Morgan fingerprint density at radius 3 is 2.81 bits per heavy atom. The van der Waals surface area contributed by atoms with E-state index in [4.69, 9.17) is 5.11 Å². The molecule has 0 aromatic carbocycles. The van der Waals surface area contributed by atoms with E-state index in [0.29, 0.717) is 18.5 Å². The van der Waals surface area contributed by atoms with E-state index >= 15 is 0 Å². The molecule has 2 aromatic rings. The van der Waals surface area contributed by atoms with Crippen LogP contribution in [0.15, 0.2) is 30.7 Å². The van der Waals surface area contributed by atoms with Crippen LogP contribution in [0.1, 0.15) is 42.5 Å². The van der Waals surface area contributed by atoms with Gasteiger partial charge in [-0.05, 0) is 25.0 Å². The molecule has 0 spiro atoms. The third-order valence-electron chi connectivity index (χ3n) is 3.25. The molecule has 1 amide bonds. The van der Waals surface area contributed by atoms with Gasteiger partial charge in [-0.3, -0.25) is 9.59 Å². The second-order valence-corrected chi connectivity index (χ2v) is 4.92. The van der Waals surface area contributed by atoms with Gasteiger partial charge in [0, 0.05) is 31.6 Å². The number of carbonyl (C=O) groups is 2. The Balaban J connectivity index is 1.68. The standard InChI is InChI=1S/C15H19N3O3/c19-14(20)5-3-1-2-4-8-17-15(21)12-6-7-13-16-9-10-18(13)11-12/h6-7,9-11H,1-5,8H2,(H,17,21)(H,19,20). The van der Waals surface area contributed by atoms with Crippen LogP contribution in [0.5, 0.6) is 0 Å². The molecule has 0 aliphatic carbocycles. The molecular weight excluding hydrogens is 270 g/mol.